The Hall–Kier alpha value is -1.75. The molecule has 1 aliphatic rings. The second-order valence-corrected chi connectivity index (χ2v) is 5.42. The largest absolute Gasteiger partial charge is 0.481 e. The average molecular weight is 265 g/mol. The highest BCUT2D eigenvalue weighted by atomic mass is 16.7. The number of benzene rings is 1. The number of carboxylic acid groups (broad SMARTS) is 1. The second kappa shape index (κ2) is 5.09. The Labute approximate surface area is 112 Å². The van der Waals surface area contributed by atoms with E-state index in [0.29, 0.717) is 13.1 Å². The molecular weight excluding hydrogens is 246 g/mol. The Bertz CT molecular complexity index is 496. The van der Waals surface area contributed by atoms with Gasteiger partial charge >= 0.3 is 5.97 Å². The van der Waals surface area contributed by atoms with Crippen LogP contribution in [0.25, 0.3) is 0 Å². The Morgan fingerprint density at radius 3 is 2.63 bits per heavy atom. The molecule has 0 saturated heterocycles. The molecule has 1 aromatic rings. The molecule has 0 amide bonds. The van der Waals surface area contributed by atoms with E-state index in [-0.39, 0.29) is 6.79 Å². The highest BCUT2D eigenvalue weighted by molar-refractivity contribution is 5.73. The molecule has 0 fully saturated rings. The van der Waals surface area contributed by atoms with E-state index in [2.05, 4.69) is 5.32 Å². The number of hydrogen-bond acceptors (Lipinski definition) is 4. The summed E-state index contributed by atoms with van der Waals surface area (Å²) in [5, 5.41) is 12.2. The van der Waals surface area contributed by atoms with Crippen molar-refractivity contribution in [3.8, 4) is 11.5 Å². The quantitative estimate of drug-likeness (QED) is 0.851. The summed E-state index contributed by atoms with van der Waals surface area (Å²) in [5.41, 5.74) is 1.42. The summed E-state index contributed by atoms with van der Waals surface area (Å²) in [4.78, 5) is 11.0. The van der Waals surface area contributed by atoms with Gasteiger partial charge in [0.2, 0.25) is 6.79 Å². The molecule has 1 aromatic carbocycles. The van der Waals surface area contributed by atoms with Crippen LogP contribution in [0.1, 0.15) is 25.0 Å². The molecule has 2 N–H and O–H groups in total. The molecular formula is C14H19NO4. The predicted octanol–water partition coefficient (Wildman–Crippen LogP) is 1.92. The number of ether oxygens (including phenoxy) is 2. The molecule has 1 heterocycles. The maximum Gasteiger partial charge on any atom is 0.310 e. The standard InChI is InChI=1S/C14H19NO4/c1-9-4-11-12(19-8-18-11)5-10(9)6-15-7-14(2,3)13(16)17/h4-5,15H,6-8H2,1-3H3,(H,16,17). The van der Waals surface area contributed by atoms with Crippen LogP contribution in [0.2, 0.25) is 0 Å². The minimum Gasteiger partial charge on any atom is -0.481 e. The van der Waals surface area contributed by atoms with Gasteiger partial charge in [-0.1, -0.05) is 0 Å². The van der Waals surface area contributed by atoms with Crippen molar-refractivity contribution in [1.29, 1.82) is 0 Å². The van der Waals surface area contributed by atoms with E-state index in [1.54, 1.807) is 13.8 Å². The Morgan fingerprint density at radius 2 is 2.00 bits per heavy atom. The highest BCUT2D eigenvalue weighted by Gasteiger charge is 2.26. The molecule has 0 radical (unpaired) electrons. The first-order chi connectivity index (χ1) is 8.90. The number of nitrogens with one attached hydrogen (secondary N) is 1. The van der Waals surface area contributed by atoms with Crippen LogP contribution in [-0.2, 0) is 11.3 Å². The van der Waals surface area contributed by atoms with Crippen molar-refractivity contribution in [2.24, 2.45) is 5.41 Å². The lowest BCUT2D eigenvalue weighted by molar-refractivity contribution is -0.146. The van der Waals surface area contributed by atoms with Crippen molar-refractivity contribution in [2.45, 2.75) is 27.3 Å². The zero-order valence-corrected chi connectivity index (χ0v) is 11.4. The molecule has 1 aliphatic heterocycles. The third kappa shape index (κ3) is 2.98. The van der Waals surface area contributed by atoms with Crippen LogP contribution in [0.5, 0.6) is 11.5 Å². The molecule has 104 valence electrons. The number of carboxylic acids is 1. The van der Waals surface area contributed by atoms with Gasteiger partial charge in [-0.25, -0.2) is 0 Å². The average Bonchev–Trinajstić information content (AvgIpc) is 2.75. The highest BCUT2D eigenvalue weighted by Crippen LogP contribution is 2.34. The van der Waals surface area contributed by atoms with Gasteiger partial charge < -0.3 is 19.9 Å². The first kappa shape index (κ1) is 13.7. The van der Waals surface area contributed by atoms with Gasteiger partial charge in [-0.3, -0.25) is 4.79 Å². The zero-order valence-electron chi connectivity index (χ0n) is 11.4. The summed E-state index contributed by atoms with van der Waals surface area (Å²) in [7, 11) is 0. The Balaban J connectivity index is 1.99. The van der Waals surface area contributed by atoms with Gasteiger partial charge in [0.25, 0.3) is 0 Å². The summed E-state index contributed by atoms with van der Waals surface area (Å²) >= 11 is 0. The van der Waals surface area contributed by atoms with Crippen LogP contribution in [0.15, 0.2) is 12.1 Å². The lowest BCUT2D eigenvalue weighted by Crippen LogP contribution is -2.35. The number of fused-ring (bicyclic) bond motifs is 1. The fraction of sp³-hybridized carbons (Fsp3) is 0.500. The first-order valence-corrected chi connectivity index (χ1v) is 6.23. The second-order valence-electron chi connectivity index (χ2n) is 5.42. The van der Waals surface area contributed by atoms with Gasteiger partial charge in [0.1, 0.15) is 0 Å². The number of aliphatic carboxylic acids is 1. The summed E-state index contributed by atoms with van der Waals surface area (Å²) in [6, 6.07) is 3.89. The molecule has 0 bridgehead atoms. The van der Waals surface area contributed by atoms with Crippen LogP contribution in [0.4, 0.5) is 0 Å². The minimum atomic E-state index is -0.803. The van der Waals surface area contributed by atoms with Crippen molar-refractivity contribution in [3.05, 3.63) is 23.3 Å². The van der Waals surface area contributed by atoms with Crippen molar-refractivity contribution >= 4 is 5.97 Å². The third-order valence-electron chi connectivity index (χ3n) is 3.29. The van der Waals surface area contributed by atoms with E-state index in [4.69, 9.17) is 14.6 Å². The van der Waals surface area contributed by atoms with Crippen molar-refractivity contribution in [2.75, 3.05) is 13.3 Å². The molecule has 0 saturated carbocycles. The molecule has 19 heavy (non-hydrogen) atoms. The maximum absolute atomic E-state index is 11.0. The van der Waals surface area contributed by atoms with Gasteiger partial charge in [0, 0.05) is 13.1 Å². The van der Waals surface area contributed by atoms with E-state index in [0.717, 1.165) is 22.6 Å². The van der Waals surface area contributed by atoms with Crippen LogP contribution >= 0.6 is 0 Å². The SMILES string of the molecule is Cc1cc2c(cc1CNCC(C)(C)C(=O)O)OCO2. The molecule has 5 nitrogen and oxygen atoms in total. The molecule has 0 unspecified atom stereocenters. The van der Waals surface area contributed by atoms with Crippen molar-refractivity contribution in [3.63, 3.8) is 0 Å². The summed E-state index contributed by atoms with van der Waals surface area (Å²) < 4.78 is 10.6. The van der Waals surface area contributed by atoms with Crippen LogP contribution in [-0.4, -0.2) is 24.4 Å². The lowest BCUT2D eigenvalue weighted by Gasteiger charge is -2.20. The van der Waals surface area contributed by atoms with E-state index in [1.165, 1.54) is 0 Å². The molecule has 0 spiro atoms. The summed E-state index contributed by atoms with van der Waals surface area (Å²) in [6.07, 6.45) is 0. The normalized spacial score (nSPS) is 13.6. The fourth-order valence-corrected chi connectivity index (χ4v) is 1.86. The Morgan fingerprint density at radius 1 is 1.37 bits per heavy atom. The smallest absolute Gasteiger partial charge is 0.310 e. The van der Waals surface area contributed by atoms with Gasteiger partial charge in [-0.2, -0.15) is 0 Å². The van der Waals surface area contributed by atoms with E-state index >= 15 is 0 Å². The van der Waals surface area contributed by atoms with Crippen LogP contribution in [0.3, 0.4) is 0 Å². The van der Waals surface area contributed by atoms with Crippen molar-refractivity contribution in [1.82, 2.24) is 5.32 Å². The topological polar surface area (TPSA) is 67.8 Å². The lowest BCUT2D eigenvalue weighted by atomic mass is 9.94. The molecule has 0 aliphatic carbocycles. The van der Waals surface area contributed by atoms with Gasteiger partial charge in [0.05, 0.1) is 5.41 Å². The summed E-state index contributed by atoms with van der Waals surface area (Å²) in [6.45, 7) is 6.69. The predicted molar refractivity (Wildman–Crippen MR) is 70.4 cm³/mol. The number of hydrogen-bond donors (Lipinski definition) is 2. The van der Waals surface area contributed by atoms with Crippen LogP contribution < -0.4 is 14.8 Å². The fourth-order valence-electron chi connectivity index (χ4n) is 1.86. The van der Waals surface area contributed by atoms with E-state index < -0.39 is 11.4 Å². The van der Waals surface area contributed by atoms with E-state index in [1.807, 2.05) is 19.1 Å². The van der Waals surface area contributed by atoms with E-state index in [9.17, 15) is 4.79 Å². The molecule has 5 heteroatoms. The zero-order chi connectivity index (χ0) is 14.0. The van der Waals surface area contributed by atoms with Gasteiger partial charge in [-0.05, 0) is 44.0 Å². The third-order valence-corrected chi connectivity index (χ3v) is 3.29. The monoisotopic (exact) mass is 265 g/mol. The first-order valence-electron chi connectivity index (χ1n) is 6.23. The Kier molecular flexibility index (Phi) is 3.66. The number of carbonyl (C=O) groups is 1. The number of aryl methyl sites for hydroxylation is 1. The van der Waals surface area contributed by atoms with Gasteiger partial charge in [0.15, 0.2) is 11.5 Å². The number of rotatable bonds is 5. The molecule has 2 rings (SSSR count). The van der Waals surface area contributed by atoms with Crippen LogP contribution in [0, 0.1) is 12.3 Å². The van der Waals surface area contributed by atoms with Crippen molar-refractivity contribution < 1.29 is 19.4 Å². The van der Waals surface area contributed by atoms with Gasteiger partial charge in [-0.15, -0.1) is 0 Å². The molecule has 0 aromatic heterocycles. The summed E-state index contributed by atoms with van der Waals surface area (Å²) in [5.74, 6) is 0.717. The minimum absolute atomic E-state index is 0.262. The maximum atomic E-state index is 11.0. The molecule has 0 atom stereocenters.